The van der Waals surface area contributed by atoms with Gasteiger partial charge in [-0.25, -0.2) is 4.79 Å². The minimum Gasteiger partial charge on any atom is -0.390 e. The minimum absolute atomic E-state index is 0.0385. The third kappa shape index (κ3) is 3.75. The van der Waals surface area contributed by atoms with Crippen LogP contribution in [0, 0.1) is 5.92 Å². The van der Waals surface area contributed by atoms with Gasteiger partial charge in [-0.05, 0) is 89.8 Å². The number of carbonyl (C=O) groups excluding carboxylic acids is 1. The Bertz CT molecular complexity index is 807. The lowest BCUT2D eigenvalue weighted by Gasteiger charge is -2.51. The first-order chi connectivity index (χ1) is 15.4. The summed E-state index contributed by atoms with van der Waals surface area (Å²) in [6, 6.07) is 11.2. The number of benzene rings is 1. The van der Waals surface area contributed by atoms with E-state index in [1.165, 1.54) is 24.8 Å². The summed E-state index contributed by atoms with van der Waals surface area (Å²) in [6.45, 7) is 2.47. The molecule has 1 N–H and O–H groups in total. The molecule has 0 bridgehead atoms. The molecule has 5 heteroatoms. The van der Waals surface area contributed by atoms with E-state index in [2.05, 4.69) is 59.1 Å². The van der Waals surface area contributed by atoms with Gasteiger partial charge in [0.15, 0.2) is 0 Å². The van der Waals surface area contributed by atoms with Crippen LogP contribution in [-0.2, 0) is 5.54 Å². The van der Waals surface area contributed by atoms with Crippen molar-refractivity contribution in [3.63, 3.8) is 0 Å². The van der Waals surface area contributed by atoms with E-state index >= 15 is 0 Å². The quantitative estimate of drug-likeness (QED) is 0.675. The molecule has 0 unspecified atom stereocenters. The largest absolute Gasteiger partial charge is 0.390 e. The molecule has 4 fully saturated rings. The molecule has 1 heterocycles. The molecular formula is C27H41N3O2. The van der Waals surface area contributed by atoms with Crippen LogP contribution < -0.4 is 0 Å². The average Bonchev–Trinajstić information content (AvgIpc) is 2.99. The predicted molar refractivity (Wildman–Crippen MR) is 127 cm³/mol. The second-order valence-electron chi connectivity index (χ2n) is 11.5. The Kier molecular flexibility index (Phi) is 5.78. The van der Waals surface area contributed by atoms with Crippen molar-refractivity contribution >= 4 is 6.03 Å². The van der Waals surface area contributed by atoms with Crippen molar-refractivity contribution in [3.8, 4) is 0 Å². The van der Waals surface area contributed by atoms with E-state index in [-0.39, 0.29) is 17.1 Å². The van der Waals surface area contributed by atoms with Crippen molar-refractivity contribution in [2.45, 2.75) is 87.3 Å². The van der Waals surface area contributed by atoms with Crippen molar-refractivity contribution in [1.29, 1.82) is 0 Å². The van der Waals surface area contributed by atoms with Crippen LogP contribution in [0.3, 0.4) is 0 Å². The molecule has 176 valence electrons. The van der Waals surface area contributed by atoms with Gasteiger partial charge in [-0.2, -0.15) is 0 Å². The van der Waals surface area contributed by atoms with E-state index in [0.717, 1.165) is 64.5 Å². The number of hydrogen-bond acceptors (Lipinski definition) is 3. The molecule has 0 aromatic heterocycles. The Hall–Kier alpha value is -1.59. The molecule has 0 radical (unpaired) electrons. The molecule has 5 rings (SSSR count). The normalized spacial score (nSPS) is 32.4. The van der Waals surface area contributed by atoms with E-state index in [0.29, 0.717) is 12.5 Å². The molecule has 1 aliphatic heterocycles. The van der Waals surface area contributed by atoms with Crippen LogP contribution >= 0.6 is 0 Å². The Balaban J connectivity index is 1.35. The highest BCUT2D eigenvalue weighted by atomic mass is 16.3. The van der Waals surface area contributed by atoms with Crippen molar-refractivity contribution in [1.82, 2.24) is 14.7 Å². The van der Waals surface area contributed by atoms with E-state index < -0.39 is 5.60 Å². The predicted octanol–water partition coefficient (Wildman–Crippen LogP) is 4.60. The van der Waals surface area contributed by atoms with E-state index in [1.807, 2.05) is 0 Å². The van der Waals surface area contributed by atoms with Gasteiger partial charge in [0.25, 0.3) is 0 Å². The van der Waals surface area contributed by atoms with Gasteiger partial charge in [0.05, 0.1) is 11.1 Å². The summed E-state index contributed by atoms with van der Waals surface area (Å²) in [5.41, 5.74) is 0.892. The molecule has 5 nitrogen and oxygen atoms in total. The Morgan fingerprint density at radius 3 is 2.22 bits per heavy atom. The van der Waals surface area contributed by atoms with E-state index in [9.17, 15) is 9.90 Å². The molecule has 4 aliphatic rings. The number of aliphatic hydroxyl groups is 1. The lowest BCUT2D eigenvalue weighted by Crippen LogP contribution is -2.56. The summed E-state index contributed by atoms with van der Waals surface area (Å²) in [7, 11) is 4.42. The molecule has 1 saturated heterocycles. The molecule has 1 aromatic carbocycles. The van der Waals surface area contributed by atoms with Gasteiger partial charge < -0.3 is 14.9 Å². The number of hydrogen-bond donors (Lipinski definition) is 1. The second kappa shape index (κ2) is 8.32. The van der Waals surface area contributed by atoms with Gasteiger partial charge in [-0.15, -0.1) is 0 Å². The lowest BCUT2D eigenvalue weighted by molar-refractivity contribution is -0.0440. The van der Waals surface area contributed by atoms with Gasteiger partial charge in [-0.3, -0.25) is 4.90 Å². The maximum atomic E-state index is 13.6. The fourth-order valence-corrected chi connectivity index (χ4v) is 6.74. The third-order valence-electron chi connectivity index (χ3n) is 9.53. The molecule has 32 heavy (non-hydrogen) atoms. The van der Waals surface area contributed by atoms with Crippen LogP contribution in [0.5, 0.6) is 0 Å². The van der Waals surface area contributed by atoms with Crippen LogP contribution in [-0.4, -0.2) is 70.7 Å². The Morgan fingerprint density at radius 2 is 1.69 bits per heavy atom. The highest BCUT2D eigenvalue weighted by molar-refractivity contribution is 5.78. The van der Waals surface area contributed by atoms with Gasteiger partial charge in [0.2, 0.25) is 0 Å². The fourth-order valence-electron chi connectivity index (χ4n) is 6.74. The summed E-state index contributed by atoms with van der Waals surface area (Å²) < 4.78 is 0. The average molecular weight is 440 g/mol. The lowest BCUT2D eigenvalue weighted by atomic mass is 9.68. The van der Waals surface area contributed by atoms with E-state index in [4.69, 9.17) is 0 Å². The maximum absolute atomic E-state index is 13.6. The molecule has 3 aliphatic carbocycles. The van der Waals surface area contributed by atoms with Crippen LogP contribution in [0.25, 0.3) is 0 Å². The summed E-state index contributed by atoms with van der Waals surface area (Å²) in [6.07, 6.45) is 11.8. The fraction of sp³-hybridized carbons (Fsp3) is 0.741. The monoisotopic (exact) mass is 439 g/mol. The van der Waals surface area contributed by atoms with Crippen LogP contribution in [0.1, 0.15) is 76.2 Å². The van der Waals surface area contributed by atoms with Gasteiger partial charge in [0, 0.05) is 25.2 Å². The summed E-state index contributed by atoms with van der Waals surface area (Å²) in [4.78, 5) is 20.4. The van der Waals surface area contributed by atoms with Crippen LogP contribution in [0.15, 0.2) is 30.3 Å². The standard InChI is InChI=1S/C27H41N3O2/c1-28(2)27(23-10-4-3-5-11-23)16-14-25(15-17-27)21-29(19-18-26(32)12-7-13-26)24(31)30(25)20-22-8-6-9-22/h3-5,10-11,22,32H,6-9,12-21H2,1-2H3. The number of nitrogens with zero attached hydrogens (tertiary/aromatic N) is 3. The number of amides is 2. The molecular weight excluding hydrogens is 398 g/mol. The van der Waals surface area contributed by atoms with Crippen molar-refractivity contribution in [2.75, 3.05) is 33.7 Å². The van der Waals surface area contributed by atoms with Gasteiger partial charge in [0.1, 0.15) is 0 Å². The highest BCUT2D eigenvalue weighted by Crippen LogP contribution is 2.50. The number of carbonyl (C=O) groups is 1. The molecule has 3 saturated carbocycles. The van der Waals surface area contributed by atoms with Crippen molar-refractivity contribution in [3.05, 3.63) is 35.9 Å². The van der Waals surface area contributed by atoms with Crippen LogP contribution in [0.2, 0.25) is 0 Å². The zero-order valence-corrected chi connectivity index (χ0v) is 20.1. The van der Waals surface area contributed by atoms with Crippen molar-refractivity contribution < 1.29 is 9.90 Å². The first kappa shape index (κ1) is 22.2. The van der Waals surface area contributed by atoms with Crippen molar-refractivity contribution in [2.24, 2.45) is 5.92 Å². The van der Waals surface area contributed by atoms with Crippen LogP contribution in [0.4, 0.5) is 4.79 Å². The minimum atomic E-state index is -0.519. The van der Waals surface area contributed by atoms with Gasteiger partial charge in [-0.1, -0.05) is 36.8 Å². The van der Waals surface area contributed by atoms with E-state index in [1.54, 1.807) is 0 Å². The molecule has 0 atom stereocenters. The summed E-state index contributed by atoms with van der Waals surface area (Å²) in [5.74, 6) is 0.682. The van der Waals surface area contributed by atoms with Gasteiger partial charge >= 0.3 is 6.03 Å². The first-order valence-electron chi connectivity index (χ1n) is 12.9. The zero-order valence-electron chi connectivity index (χ0n) is 20.1. The Morgan fingerprint density at radius 1 is 1.00 bits per heavy atom. The smallest absolute Gasteiger partial charge is 0.320 e. The zero-order chi connectivity index (χ0) is 22.4. The first-order valence-corrected chi connectivity index (χ1v) is 12.9. The third-order valence-corrected chi connectivity index (χ3v) is 9.53. The SMILES string of the molecule is CN(C)C1(c2ccccc2)CCC2(CC1)CN(CCC1(O)CCC1)C(=O)N2CC1CCC1. The maximum Gasteiger partial charge on any atom is 0.320 e. The number of urea groups is 1. The topological polar surface area (TPSA) is 47.0 Å². The number of rotatable bonds is 7. The molecule has 2 amide bonds. The Labute approximate surface area is 193 Å². The highest BCUT2D eigenvalue weighted by Gasteiger charge is 2.55. The summed E-state index contributed by atoms with van der Waals surface area (Å²) in [5, 5.41) is 10.6. The molecule has 1 aromatic rings. The summed E-state index contributed by atoms with van der Waals surface area (Å²) >= 11 is 0. The second-order valence-corrected chi connectivity index (χ2v) is 11.5. The molecule has 1 spiro atoms.